The Bertz CT molecular complexity index is 403. The second kappa shape index (κ2) is 5.32. The fourth-order valence-corrected chi connectivity index (χ4v) is 2.50. The van der Waals surface area contributed by atoms with Gasteiger partial charge in [-0.3, -0.25) is 9.69 Å². The number of benzene rings is 1. The maximum Gasteiger partial charge on any atom is 0.320 e. The van der Waals surface area contributed by atoms with Gasteiger partial charge >= 0.3 is 5.97 Å². The Kier molecular flexibility index (Phi) is 3.79. The van der Waals surface area contributed by atoms with Crippen LogP contribution in [0.4, 0.5) is 0 Å². The first-order valence-electron chi connectivity index (χ1n) is 6.19. The summed E-state index contributed by atoms with van der Waals surface area (Å²) in [5.41, 5.74) is 2.43. The molecule has 0 amide bonds. The molecule has 0 spiro atoms. The minimum absolute atomic E-state index is 0.302. The van der Waals surface area contributed by atoms with Crippen molar-refractivity contribution in [3.05, 3.63) is 35.4 Å². The molecule has 0 bridgehead atoms. The Morgan fingerprint density at radius 1 is 1.47 bits per heavy atom. The van der Waals surface area contributed by atoms with Crippen LogP contribution in [0, 0.1) is 6.92 Å². The lowest BCUT2D eigenvalue weighted by molar-refractivity contribution is -0.144. The maximum absolute atomic E-state index is 11.2. The summed E-state index contributed by atoms with van der Waals surface area (Å²) in [6, 6.07) is 8.00. The van der Waals surface area contributed by atoms with Gasteiger partial charge in [-0.2, -0.15) is 0 Å². The predicted octanol–water partition coefficient (Wildman–Crippen LogP) is 2.43. The fourth-order valence-electron chi connectivity index (χ4n) is 2.50. The highest BCUT2D eigenvalue weighted by Crippen LogP contribution is 2.20. The van der Waals surface area contributed by atoms with Crippen molar-refractivity contribution in [2.45, 2.75) is 38.8 Å². The Hall–Kier alpha value is -1.35. The van der Waals surface area contributed by atoms with Gasteiger partial charge in [0.1, 0.15) is 6.04 Å². The van der Waals surface area contributed by atoms with Crippen LogP contribution in [0.5, 0.6) is 0 Å². The van der Waals surface area contributed by atoms with Crippen molar-refractivity contribution in [2.24, 2.45) is 0 Å². The third kappa shape index (κ3) is 3.07. The van der Waals surface area contributed by atoms with Gasteiger partial charge in [-0.25, -0.2) is 0 Å². The van der Waals surface area contributed by atoms with E-state index in [1.54, 1.807) is 0 Å². The van der Waals surface area contributed by atoms with E-state index in [4.69, 9.17) is 0 Å². The van der Waals surface area contributed by atoms with Gasteiger partial charge in [0, 0.05) is 6.54 Å². The number of rotatable bonds is 3. The second-order valence-corrected chi connectivity index (χ2v) is 4.81. The number of hydrogen-bond donors (Lipinski definition) is 1. The molecule has 1 aliphatic rings. The normalized spacial score (nSPS) is 21.4. The Balaban J connectivity index is 2.08. The summed E-state index contributed by atoms with van der Waals surface area (Å²) < 4.78 is 0. The van der Waals surface area contributed by atoms with E-state index in [0.29, 0.717) is 0 Å². The van der Waals surface area contributed by atoms with Crippen LogP contribution in [0.25, 0.3) is 0 Å². The first kappa shape index (κ1) is 12.1. The zero-order chi connectivity index (χ0) is 12.3. The van der Waals surface area contributed by atoms with E-state index in [1.807, 2.05) is 6.07 Å². The predicted molar refractivity (Wildman–Crippen MR) is 66.9 cm³/mol. The van der Waals surface area contributed by atoms with Crippen molar-refractivity contribution in [1.29, 1.82) is 0 Å². The average molecular weight is 233 g/mol. The lowest BCUT2D eigenvalue weighted by Gasteiger charge is -2.32. The summed E-state index contributed by atoms with van der Waals surface area (Å²) in [6.45, 7) is 3.71. The molecule has 3 heteroatoms. The van der Waals surface area contributed by atoms with E-state index in [-0.39, 0.29) is 6.04 Å². The molecule has 0 unspecified atom stereocenters. The third-order valence-electron chi connectivity index (χ3n) is 3.37. The second-order valence-electron chi connectivity index (χ2n) is 4.81. The average Bonchev–Trinajstić information content (AvgIpc) is 2.29. The molecule has 0 aliphatic carbocycles. The number of likely N-dealkylation sites (tertiary alicyclic amines) is 1. The molecule has 1 fully saturated rings. The van der Waals surface area contributed by atoms with Gasteiger partial charge in [0.25, 0.3) is 0 Å². The number of piperidine rings is 1. The van der Waals surface area contributed by atoms with Gasteiger partial charge in [-0.05, 0) is 31.9 Å². The Morgan fingerprint density at radius 2 is 2.29 bits per heavy atom. The van der Waals surface area contributed by atoms with Gasteiger partial charge in [0.15, 0.2) is 0 Å². The number of carboxylic acids is 1. The largest absolute Gasteiger partial charge is 0.480 e. The van der Waals surface area contributed by atoms with Crippen molar-refractivity contribution in [3.63, 3.8) is 0 Å². The molecule has 1 aliphatic heterocycles. The summed E-state index contributed by atoms with van der Waals surface area (Å²) in [6.07, 6.45) is 2.91. The lowest BCUT2D eigenvalue weighted by Crippen LogP contribution is -2.43. The van der Waals surface area contributed by atoms with Crippen LogP contribution in [0.15, 0.2) is 24.3 Å². The van der Waals surface area contributed by atoms with Gasteiger partial charge in [0.05, 0.1) is 0 Å². The molecule has 1 aromatic carbocycles. The van der Waals surface area contributed by atoms with Crippen LogP contribution in [-0.4, -0.2) is 28.6 Å². The van der Waals surface area contributed by atoms with E-state index >= 15 is 0 Å². The minimum Gasteiger partial charge on any atom is -0.480 e. The molecule has 17 heavy (non-hydrogen) atoms. The molecule has 92 valence electrons. The van der Waals surface area contributed by atoms with Crippen LogP contribution in [0.1, 0.15) is 30.4 Å². The van der Waals surface area contributed by atoms with Gasteiger partial charge in [0.2, 0.25) is 0 Å². The molecular formula is C14H19NO2. The summed E-state index contributed by atoms with van der Waals surface area (Å²) >= 11 is 0. The van der Waals surface area contributed by atoms with Crippen LogP contribution in [0.3, 0.4) is 0 Å². The van der Waals surface area contributed by atoms with Gasteiger partial charge in [-0.1, -0.05) is 36.2 Å². The monoisotopic (exact) mass is 233 g/mol. The number of aryl methyl sites for hydroxylation is 1. The molecule has 2 rings (SSSR count). The molecule has 0 radical (unpaired) electrons. The summed E-state index contributed by atoms with van der Waals surface area (Å²) in [4.78, 5) is 13.3. The van der Waals surface area contributed by atoms with Crippen LogP contribution >= 0.6 is 0 Å². The van der Waals surface area contributed by atoms with Crippen LogP contribution < -0.4 is 0 Å². The molecule has 3 nitrogen and oxygen atoms in total. The van der Waals surface area contributed by atoms with Crippen LogP contribution in [0.2, 0.25) is 0 Å². The lowest BCUT2D eigenvalue weighted by atomic mass is 10.0. The summed E-state index contributed by atoms with van der Waals surface area (Å²) in [5, 5.41) is 9.20. The van der Waals surface area contributed by atoms with Crippen molar-refractivity contribution < 1.29 is 9.90 Å². The molecule has 1 aromatic rings. The van der Waals surface area contributed by atoms with Crippen molar-refractivity contribution >= 4 is 5.97 Å². The van der Waals surface area contributed by atoms with Crippen molar-refractivity contribution in [3.8, 4) is 0 Å². The minimum atomic E-state index is -0.683. The molecular weight excluding hydrogens is 214 g/mol. The molecule has 1 heterocycles. The topological polar surface area (TPSA) is 40.5 Å². The number of nitrogens with zero attached hydrogens (tertiary/aromatic N) is 1. The smallest absolute Gasteiger partial charge is 0.320 e. The Labute approximate surface area is 102 Å². The number of carboxylic acid groups (broad SMARTS) is 1. The van der Waals surface area contributed by atoms with E-state index in [1.165, 1.54) is 11.1 Å². The van der Waals surface area contributed by atoms with E-state index in [2.05, 4.69) is 30.0 Å². The summed E-state index contributed by atoms with van der Waals surface area (Å²) in [7, 11) is 0. The summed E-state index contributed by atoms with van der Waals surface area (Å²) in [5.74, 6) is -0.683. The quantitative estimate of drug-likeness (QED) is 0.871. The fraction of sp³-hybridized carbons (Fsp3) is 0.500. The number of hydrogen-bond acceptors (Lipinski definition) is 2. The standard InChI is InChI=1S/C14H19NO2/c1-11-5-4-6-12(9-11)10-15-8-3-2-7-13(15)14(16)17/h4-6,9,13H,2-3,7-8,10H2,1H3,(H,16,17)/t13-/m1/s1. The number of aliphatic carboxylic acids is 1. The van der Waals surface area contributed by atoms with Gasteiger partial charge in [-0.15, -0.1) is 0 Å². The zero-order valence-corrected chi connectivity index (χ0v) is 10.2. The van der Waals surface area contributed by atoms with Crippen molar-refractivity contribution in [2.75, 3.05) is 6.54 Å². The van der Waals surface area contributed by atoms with Gasteiger partial charge < -0.3 is 5.11 Å². The number of carbonyl (C=O) groups is 1. The highest BCUT2D eigenvalue weighted by atomic mass is 16.4. The first-order valence-corrected chi connectivity index (χ1v) is 6.19. The molecule has 0 aromatic heterocycles. The van der Waals surface area contributed by atoms with E-state index < -0.39 is 5.97 Å². The maximum atomic E-state index is 11.2. The first-order chi connectivity index (χ1) is 8.16. The Morgan fingerprint density at radius 3 is 3.00 bits per heavy atom. The molecule has 1 atom stereocenters. The highest BCUT2D eigenvalue weighted by molar-refractivity contribution is 5.73. The van der Waals surface area contributed by atoms with E-state index in [9.17, 15) is 9.90 Å². The zero-order valence-electron chi connectivity index (χ0n) is 10.2. The van der Waals surface area contributed by atoms with Crippen molar-refractivity contribution in [1.82, 2.24) is 4.90 Å². The molecule has 0 saturated carbocycles. The SMILES string of the molecule is Cc1cccc(CN2CCCC[C@@H]2C(=O)O)c1. The van der Waals surface area contributed by atoms with E-state index in [0.717, 1.165) is 32.4 Å². The third-order valence-corrected chi connectivity index (χ3v) is 3.37. The molecule has 1 saturated heterocycles. The highest BCUT2D eigenvalue weighted by Gasteiger charge is 2.28. The van der Waals surface area contributed by atoms with Crippen LogP contribution in [-0.2, 0) is 11.3 Å². The molecule has 1 N–H and O–H groups in total.